The maximum Gasteiger partial charge on any atom is 0.265 e. The highest BCUT2D eigenvalue weighted by atomic mass is 32.1. The van der Waals surface area contributed by atoms with Gasteiger partial charge in [-0.05, 0) is 62.8 Å². The fourth-order valence-corrected chi connectivity index (χ4v) is 5.62. The third kappa shape index (κ3) is 5.56. The van der Waals surface area contributed by atoms with Gasteiger partial charge in [0.2, 0.25) is 0 Å². The number of rotatable bonds is 6. The Morgan fingerprint density at radius 3 is 2.54 bits per heavy atom. The van der Waals surface area contributed by atoms with Gasteiger partial charge in [0.25, 0.3) is 11.8 Å². The standard InChI is InChI=1S/C26H28F2N4O2S/c1-16-24(35-17(2)30-16)26(34)32-11-8-18(9-12-32)23(13-19-6-7-21(27)14-22(19)28)31(3)25(33)20-5-4-10-29-15-20/h4-7,10,14-15,18,23H,8-9,11-13H2,1-3H3. The molecule has 35 heavy (non-hydrogen) atoms. The molecule has 6 nitrogen and oxygen atoms in total. The summed E-state index contributed by atoms with van der Waals surface area (Å²) in [5, 5.41) is 0.859. The zero-order valence-corrected chi connectivity index (χ0v) is 20.8. The second-order valence-corrected chi connectivity index (χ2v) is 10.1. The lowest BCUT2D eigenvalue weighted by Crippen LogP contribution is -2.48. The molecule has 1 atom stereocenters. The molecule has 2 aromatic heterocycles. The Bertz CT molecular complexity index is 1210. The molecule has 1 aliphatic rings. The van der Waals surface area contributed by atoms with E-state index in [0.29, 0.717) is 41.9 Å². The minimum absolute atomic E-state index is 0.0209. The van der Waals surface area contributed by atoms with Gasteiger partial charge in [0, 0.05) is 44.6 Å². The Kier molecular flexibility index (Phi) is 7.54. The molecule has 1 aliphatic heterocycles. The first kappa shape index (κ1) is 24.9. The summed E-state index contributed by atoms with van der Waals surface area (Å²) in [5.41, 5.74) is 1.55. The molecular weight excluding hydrogens is 470 g/mol. The van der Waals surface area contributed by atoms with E-state index in [-0.39, 0.29) is 30.2 Å². The molecule has 9 heteroatoms. The predicted octanol–water partition coefficient (Wildman–Crippen LogP) is 4.67. The molecule has 184 valence electrons. The van der Waals surface area contributed by atoms with Crippen molar-refractivity contribution in [3.05, 3.63) is 81.1 Å². The highest BCUT2D eigenvalue weighted by molar-refractivity contribution is 7.13. The van der Waals surface area contributed by atoms with Crippen LogP contribution in [0.3, 0.4) is 0 Å². The number of aromatic nitrogens is 2. The summed E-state index contributed by atoms with van der Waals surface area (Å²) < 4.78 is 28.0. The van der Waals surface area contributed by atoms with Crippen LogP contribution in [0.25, 0.3) is 0 Å². The first-order valence-corrected chi connectivity index (χ1v) is 12.4. The van der Waals surface area contributed by atoms with Gasteiger partial charge in [-0.1, -0.05) is 6.07 Å². The molecule has 3 heterocycles. The second-order valence-electron chi connectivity index (χ2n) is 8.94. The number of amides is 2. The number of pyridine rings is 1. The highest BCUT2D eigenvalue weighted by Crippen LogP contribution is 2.30. The predicted molar refractivity (Wildman–Crippen MR) is 130 cm³/mol. The van der Waals surface area contributed by atoms with Crippen molar-refractivity contribution in [1.29, 1.82) is 0 Å². The smallest absolute Gasteiger partial charge is 0.265 e. The summed E-state index contributed by atoms with van der Waals surface area (Å²) in [7, 11) is 1.71. The van der Waals surface area contributed by atoms with Crippen LogP contribution in [0.15, 0.2) is 42.7 Å². The highest BCUT2D eigenvalue weighted by Gasteiger charge is 2.34. The summed E-state index contributed by atoms with van der Waals surface area (Å²) in [4.78, 5) is 38.8. The normalized spacial score (nSPS) is 15.2. The van der Waals surface area contributed by atoms with E-state index in [0.717, 1.165) is 16.8 Å². The van der Waals surface area contributed by atoms with Crippen molar-refractivity contribution in [3.8, 4) is 0 Å². The van der Waals surface area contributed by atoms with Crippen LogP contribution >= 0.6 is 11.3 Å². The van der Waals surface area contributed by atoms with Crippen LogP contribution < -0.4 is 0 Å². The lowest BCUT2D eigenvalue weighted by atomic mass is 9.84. The van der Waals surface area contributed by atoms with Crippen molar-refractivity contribution in [3.63, 3.8) is 0 Å². The van der Waals surface area contributed by atoms with E-state index in [1.807, 2.05) is 18.7 Å². The molecule has 2 amide bonds. The molecule has 1 unspecified atom stereocenters. The largest absolute Gasteiger partial charge is 0.338 e. The fraction of sp³-hybridized carbons (Fsp3) is 0.385. The number of halogens is 2. The van der Waals surface area contributed by atoms with Crippen LogP contribution in [0.4, 0.5) is 8.78 Å². The van der Waals surface area contributed by atoms with E-state index >= 15 is 0 Å². The Balaban J connectivity index is 1.53. The monoisotopic (exact) mass is 498 g/mol. The number of thiazole rings is 1. The maximum atomic E-state index is 14.5. The molecule has 1 aromatic carbocycles. The zero-order chi connectivity index (χ0) is 25.1. The average Bonchev–Trinajstić information content (AvgIpc) is 3.20. The second kappa shape index (κ2) is 10.6. The number of carbonyl (C=O) groups excluding carboxylic acids is 2. The molecule has 0 bridgehead atoms. The number of carbonyl (C=O) groups is 2. The Labute approximate surface area is 207 Å². The van der Waals surface area contributed by atoms with Crippen molar-refractivity contribution in [2.45, 2.75) is 39.2 Å². The van der Waals surface area contributed by atoms with Gasteiger partial charge in [0.05, 0.1) is 16.3 Å². The van der Waals surface area contributed by atoms with Gasteiger partial charge < -0.3 is 9.80 Å². The van der Waals surface area contributed by atoms with E-state index in [4.69, 9.17) is 0 Å². The van der Waals surface area contributed by atoms with Gasteiger partial charge in [0.1, 0.15) is 16.5 Å². The van der Waals surface area contributed by atoms with Crippen LogP contribution in [0.2, 0.25) is 0 Å². The summed E-state index contributed by atoms with van der Waals surface area (Å²) in [6.07, 6.45) is 4.69. The summed E-state index contributed by atoms with van der Waals surface area (Å²) in [5.74, 6) is -1.45. The number of likely N-dealkylation sites (tertiary alicyclic amines) is 1. The van der Waals surface area contributed by atoms with Gasteiger partial charge in [-0.25, -0.2) is 13.8 Å². The Hall–Kier alpha value is -3.20. The number of likely N-dealkylation sites (N-methyl/N-ethyl adjacent to an activating group) is 1. The van der Waals surface area contributed by atoms with Crippen molar-refractivity contribution >= 4 is 23.2 Å². The molecule has 0 radical (unpaired) electrons. The van der Waals surface area contributed by atoms with Gasteiger partial charge in [0.15, 0.2) is 0 Å². The molecular formula is C26H28F2N4O2S. The van der Waals surface area contributed by atoms with E-state index in [9.17, 15) is 18.4 Å². The quantitative estimate of drug-likeness (QED) is 0.496. The summed E-state index contributed by atoms with van der Waals surface area (Å²) >= 11 is 1.40. The SMILES string of the molecule is Cc1nc(C)c(C(=O)N2CCC(C(Cc3ccc(F)cc3F)N(C)C(=O)c3cccnc3)CC2)s1. The maximum absolute atomic E-state index is 14.5. The molecule has 0 N–H and O–H groups in total. The zero-order valence-electron chi connectivity index (χ0n) is 20.0. The number of piperidine rings is 1. The lowest BCUT2D eigenvalue weighted by molar-refractivity contribution is 0.0522. The molecule has 1 saturated heterocycles. The number of hydrogen-bond donors (Lipinski definition) is 0. The van der Waals surface area contributed by atoms with Gasteiger partial charge in [-0.15, -0.1) is 11.3 Å². The molecule has 3 aromatic rings. The summed E-state index contributed by atoms with van der Waals surface area (Å²) in [6, 6.07) is 6.61. The lowest BCUT2D eigenvalue weighted by Gasteiger charge is -2.40. The Morgan fingerprint density at radius 2 is 1.94 bits per heavy atom. The van der Waals surface area contributed by atoms with Gasteiger partial charge >= 0.3 is 0 Å². The van der Waals surface area contributed by atoms with E-state index in [1.54, 1.807) is 30.3 Å². The average molecular weight is 499 g/mol. The topological polar surface area (TPSA) is 66.4 Å². The molecule has 0 saturated carbocycles. The fourth-order valence-electron chi connectivity index (χ4n) is 4.74. The number of hydrogen-bond acceptors (Lipinski definition) is 5. The van der Waals surface area contributed by atoms with Crippen LogP contribution in [0.5, 0.6) is 0 Å². The van der Waals surface area contributed by atoms with Crippen molar-refractivity contribution in [2.75, 3.05) is 20.1 Å². The van der Waals surface area contributed by atoms with Crippen molar-refractivity contribution in [1.82, 2.24) is 19.8 Å². The minimum Gasteiger partial charge on any atom is -0.338 e. The van der Waals surface area contributed by atoms with E-state index < -0.39 is 11.6 Å². The van der Waals surface area contributed by atoms with Crippen LogP contribution in [0.1, 0.15) is 49.1 Å². The third-order valence-corrected chi connectivity index (χ3v) is 7.70. The first-order chi connectivity index (χ1) is 16.7. The third-order valence-electron chi connectivity index (χ3n) is 6.64. The van der Waals surface area contributed by atoms with E-state index in [1.165, 1.54) is 29.7 Å². The van der Waals surface area contributed by atoms with Crippen molar-refractivity contribution < 1.29 is 18.4 Å². The first-order valence-electron chi connectivity index (χ1n) is 11.6. The number of aryl methyl sites for hydroxylation is 2. The van der Waals surface area contributed by atoms with Crippen molar-refractivity contribution in [2.24, 2.45) is 5.92 Å². The van der Waals surface area contributed by atoms with Crippen LogP contribution in [0, 0.1) is 31.4 Å². The molecule has 0 aliphatic carbocycles. The van der Waals surface area contributed by atoms with Gasteiger partial charge in [-0.3, -0.25) is 14.6 Å². The number of benzene rings is 1. The van der Waals surface area contributed by atoms with Gasteiger partial charge in [-0.2, -0.15) is 0 Å². The molecule has 0 spiro atoms. The molecule has 4 rings (SSSR count). The van der Waals surface area contributed by atoms with Crippen LogP contribution in [-0.4, -0.2) is 57.8 Å². The number of nitrogens with zero attached hydrogens (tertiary/aromatic N) is 4. The Morgan fingerprint density at radius 1 is 1.20 bits per heavy atom. The summed E-state index contributed by atoms with van der Waals surface area (Å²) in [6.45, 7) is 4.80. The minimum atomic E-state index is -0.636. The van der Waals surface area contributed by atoms with E-state index in [2.05, 4.69) is 9.97 Å². The van der Waals surface area contributed by atoms with Crippen LogP contribution in [-0.2, 0) is 6.42 Å². The molecule has 1 fully saturated rings.